The molecule has 4 rings (SSSR count). The molecule has 1 unspecified atom stereocenters. The van der Waals surface area contributed by atoms with E-state index in [9.17, 15) is 28.3 Å². The van der Waals surface area contributed by atoms with Crippen LogP contribution in [0.25, 0.3) is 11.1 Å². The maximum atomic E-state index is 15.0. The molecule has 0 aromatic heterocycles. The van der Waals surface area contributed by atoms with Crippen molar-refractivity contribution in [3.8, 4) is 17.2 Å². The van der Waals surface area contributed by atoms with E-state index in [4.69, 9.17) is 11.6 Å². The highest BCUT2D eigenvalue weighted by molar-refractivity contribution is 6.30. The van der Waals surface area contributed by atoms with Gasteiger partial charge in [0.15, 0.2) is 18.0 Å². The van der Waals surface area contributed by atoms with Crippen LogP contribution in [0.5, 0.6) is 0 Å². The lowest BCUT2D eigenvalue weighted by molar-refractivity contribution is -0.119. The van der Waals surface area contributed by atoms with Crippen LogP contribution in [0.1, 0.15) is 12.0 Å². The largest absolute Gasteiger partial charge is 0.361 e. The maximum absolute atomic E-state index is 15.0. The third kappa shape index (κ3) is 4.56. The number of carbonyl (C=O) groups excluding carboxylic acids is 1. The molecule has 3 aromatic carbocycles. The van der Waals surface area contributed by atoms with Crippen molar-refractivity contribution in [2.75, 3.05) is 16.8 Å². The number of nitrogens with one attached hydrogen (secondary N) is 2. The Morgan fingerprint density at radius 1 is 1.09 bits per heavy atom. The number of aliphatic hydroxyl groups is 1. The van der Waals surface area contributed by atoms with Crippen molar-refractivity contribution >= 4 is 28.9 Å². The lowest BCUT2D eigenvalue weighted by atomic mass is 9.99. The number of aliphatic hydroxyl groups excluding tert-OH is 1. The molecule has 34 heavy (non-hydrogen) atoms. The van der Waals surface area contributed by atoms with Crippen molar-refractivity contribution in [1.82, 2.24) is 5.32 Å². The number of hydrogen-bond acceptors (Lipinski definition) is 5. The van der Waals surface area contributed by atoms with Gasteiger partial charge in [0.1, 0.15) is 5.82 Å². The van der Waals surface area contributed by atoms with E-state index >= 15 is 0 Å². The van der Waals surface area contributed by atoms with Crippen molar-refractivity contribution in [2.24, 2.45) is 0 Å². The van der Waals surface area contributed by atoms with E-state index in [0.717, 1.165) is 11.0 Å². The number of hydrogen-bond donors (Lipinski definition) is 3. The van der Waals surface area contributed by atoms with Gasteiger partial charge in [0.05, 0.1) is 29.0 Å². The second-order valence-corrected chi connectivity index (χ2v) is 8.02. The lowest BCUT2D eigenvalue weighted by Crippen LogP contribution is -2.47. The summed E-state index contributed by atoms with van der Waals surface area (Å²) in [5.74, 6) is -3.67. The number of benzene rings is 3. The van der Waals surface area contributed by atoms with Crippen LogP contribution in [-0.4, -0.2) is 30.0 Å². The third-order valence-corrected chi connectivity index (χ3v) is 5.71. The van der Waals surface area contributed by atoms with Gasteiger partial charge >= 0.3 is 0 Å². The Morgan fingerprint density at radius 2 is 1.85 bits per heavy atom. The van der Waals surface area contributed by atoms with E-state index < -0.39 is 35.8 Å². The fourth-order valence-electron chi connectivity index (χ4n) is 3.83. The lowest BCUT2D eigenvalue weighted by Gasteiger charge is -2.22. The Labute approximate surface area is 198 Å². The molecule has 1 fully saturated rings. The minimum absolute atomic E-state index is 0.0342. The molecule has 0 saturated carbocycles. The summed E-state index contributed by atoms with van der Waals surface area (Å²) in [6.45, 7) is 0.0724. The summed E-state index contributed by atoms with van der Waals surface area (Å²) in [5, 5.41) is 24.7. The predicted molar refractivity (Wildman–Crippen MR) is 121 cm³/mol. The highest BCUT2D eigenvalue weighted by Gasteiger charge is 2.36. The Kier molecular flexibility index (Phi) is 6.75. The number of nitriles is 1. The molecule has 0 radical (unpaired) electrons. The Hall–Kier alpha value is -3.58. The molecule has 1 amide bonds. The normalized spacial score (nSPS) is 16.4. The van der Waals surface area contributed by atoms with Crippen LogP contribution in [-0.2, 0) is 4.79 Å². The molecule has 3 N–H and O–H groups in total. The van der Waals surface area contributed by atoms with E-state index in [1.807, 2.05) is 6.07 Å². The molecule has 10 heteroatoms. The van der Waals surface area contributed by atoms with Crippen molar-refractivity contribution in [3.05, 3.63) is 82.6 Å². The van der Waals surface area contributed by atoms with Gasteiger partial charge < -0.3 is 15.3 Å². The highest BCUT2D eigenvalue weighted by atomic mass is 35.5. The number of anilines is 2. The zero-order valence-electron chi connectivity index (χ0n) is 17.5. The van der Waals surface area contributed by atoms with Crippen molar-refractivity contribution in [1.29, 1.82) is 5.26 Å². The minimum Gasteiger partial charge on any atom is -0.361 e. The average molecular weight is 487 g/mol. The molecular weight excluding hydrogens is 469 g/mol. The van der Waals surface area contributed by atoms with E-state index in [1.54, 1.807) is 12.1 Å². The third-order valence-electron chi connectivity index (χ3n) is 5.48. The van der Waals surface area contributed by atoms with E-state index in [0.29, 0.717) is 0 Å². The first-order chi connectivity index (χ1) is 16.3. The second-order valence-electron chi connectivity index (χ2n) is 7.59. The number of amides is 1. The monoisotopic (exact) mass is 486 g/mol. The van der Waals surface area contributed by atoms with Gasteiger partial charge in [0.2, 0.25) is 5.91 Å². The van der Waals surface area contributed by atoms with Crippen LogP contribution < -0.4 is 15.5 Å². The molecule has 3 aromatic rings. The summed E-state index contributed by atoms with van der Waals surface area (Å²) in [7, 11) is 0. The number of halogens is 4. The van der Waals surface area contributed by atoms with Gasteiger partial charge in [-0.25, -0.2) is 13.2 Å². The van der Waals surface area contributed by atoms with E-state index in [-0.39, 0.29) is 46.1 Å². The van der Waals surface area contributed by atoms with Crippen molar-refractivity contribution < 1.29 is 23.1 Å². The molecule has 0 aliphatic carbocycles. The molecular formula is C24H18ClF3N4O2. The second kappa shape index (κ2) is 9.73. The highest BCUT2D eigenvalue weighted by Crippen LogP contribution is 2.33. The number of nitrogens with zero attached hydrogens (tertiary/aromatic N) is 2. The number of carbonyl (C=O) groups is 1. The van der Waals surface area contributed by atoms with E-state index in [1.165, 1.54) is 36.4 Å². The van der Waals surface area contributed by atoms with Crippen LogP contribution in [0.15, 0.2) is 54.6 Å². The summed E-state index contributed by atoms with van der Waals surface area (Å²) < 4.78 is 43.8. The standard InChI is InChI=1S/C24H18ClF3N4O2/c25-14-5-7-18(17(26)11-14)30-24(34)31-19-9-10-32(23(19)33)20-8-6-16(21(27)22(20)28)15-4-2-1-3-13(15)12-29/h1-8,11,19,24,30-31,34H,9-10H2/t19-,24?/m1/s1. The van der Waals surface area contributed by atoms with E-state index in [2.05, 4.69) is 10.6 Å². The Bertz CT molecular complexity index is 1300. The first kappa shape index (κ1) is 23.6. The Morgan fingerprint density at radius 3 is 2.59 bits per heavy atom. The van der Waals surface area contributed by atoms with Crippen molar-refractivity contribution in [3.63, 3.8) is 0 Å². The fraction of sp³-hybridized carbons (Fsp3) is 0.167. The van der Waals surface area contributed by atoms with Crippen LogP contribution >= 0.6 is 11.6 Å². The molecule has 0 spiro atoms. The van der Waals surface area contributed by atoms with Gasteiger partial charge in [0.25, 0.3) is 0 Å². The molecule has 0 bridgehead atoms. The first-order valence-electron chi connectivity index (χ1n) is 10.2. The fourth-order valence-corrected chi connectivity index (χ4v) is 3.99. The summed E-state index contributed by atoms with van der Waals surface area (Å²) >= 11 is 5.70. The summed E-state index contributed by atoms with van der Waals surface area (Å²) in [4.78, 5) is 13.9. The molecule has 1 heterocycles. The molecule has 174 valence electrons. The van der Waals surface area contributed by atoms with Gasteiger partial charge in [-0.05, 0) is 42.8 Å². The van der Waals surface area contributed by atoms with Gasteiger partial charge in [-0.3, -0.25) is 10.1 Å². The van der Waals surface area contributed by atoms with Gasteiger partial charge in [0, 0.05) is 22.7 Å². The molecule has 1 saturated heterocycles. The van der Waals surface area contributed by atoms with Gasteiger partial charge in [-0.1, -0.05) is 29.8 Å². The van der Waals surface area contributed by atoms with Gasteiger partial charge in [-0.2, -0.15) is 5.26 Å². The van der Waals surface area contributed by atoms with Crippen LogP contribution in [0.3, 0.4) is 0 Å². The predicted octanol–water partition coefficient (Wildman–Crippen LogP) is 4.38. The zero-order valence-corrected chi connectivity index (χ0v) is 18.3. The topological polar surface area (TPSA) is 88.4 Å². The maximum Gasteiger partial charge on any atom is 0.244 e. The molecule has 1 aliphatic heterocycles. The minimum atomic E-state index is -1.49. The van der Waals surface area contributed by atoms with Crippen molar-refractivity contribution in [2.45, 2.75) is 18.8 Å². The first-order valence-corrected chi connectivity index (χ1v) is 10.6. The Balaban J connectivity index is 1.50. The summed E-state index contributed by atoms with van der Waals surface area (Å²) in [6.07, 6.45) is -1.29. The number of rotatable bonds is 6. The van der Waals surface area contributed by atoms with Gasteiger partial charge in [-0.15, -0.1) is 0 Å². The molecule has 2 atom stereocenters. The van der Waals surface area contributed by atoms with Crippen LogP contribution in [0, 0.1) is 28.8 Å². The quantitative estimate of drug-likeness (QED) is 0.450. The zero-order chi connectivity index (χ0) is 24.4. The summed E-state index contributed by atoms with van der Waals surface area (Å²) in [5.41, 5.74) is 0.0473. The average Bonchev–Trinajstić information content (AvgIpc) is 3.17. The smallest absolute Gasteiger partial charge is 0.244 e. The molecule has 1 aliphatic rings. The summed E-state index contributed by atoms with van der Waals surface area (Å²) in [6, 6.07) is 13.7. The molecule has 6 nitrogen and oxygen atoms in total. The van der Waals surface area contributed by atoms with Crippen LogP contribution in [0.2, 0.25) is 5.02 Å². The van der Waals surface area contributed by atoms with Crippen LogP contribution in [0.4, 0.5) is 24.5 Å². The SMILES string of the molecule is N#Cc1ccccc1-c1ccc(N2CC[C@@H](NC(O)Nc3ccc(Cl)cc3F)C2=O)c(F)c1F.